The Labute approximate surface area is 163 Å². The Morgan fingerprint density at radius 2 is 1.54 bits per heavy atom. The SMILES string of the molecule is O=C(c1cc(Cl)cc(Cl)c1)c1ccccc1N(Cl)N(Cl)C(=O)CCl. The summed E-state index contributed by atoms with van der Waals surface area (Å²) in [5.74, 6) is -1.40. The van der Waals surface area contributed by atoms with Gasteiger partial charge in [-0.25, -0.2) is 0 Å². The molecule has 0 heterocycles. The zero-order valence-electron chi connectivity index (χ0n) is 11.8. The van der Waals surface area contributed by atoms with Gasteiger partial charge < -0.3 is 0 Å². The molecule has 2 aromatic rings. The molecule has 0 atom stereocenters. The molecular weight excluding hydrogens is 417 g/mol. The predicted molar refractivity (Wildman–Crippen MR) is 98.1 cm³/mol. The van der Waals surface area contributed by atoms with Gasteiger partial charge in [-0.2, -0.15) is 4.53 Å². The van der Waals surface area contributed by atoms with Crippen molar-refractivity contribution in [2.75, 3.05) is 10.4 Å². The second-order valence-electron chi connectivity index (χ2n) is 4.55. The summed E-state index contributed by atoms with van der Waals surface area (Å²) >= 11 is 29.2. The Kier molecular flexibility index (Phi) is 6.61. The van der Waals surface area contributed by atoms with Crippen molar-refractivity contribution in [3.63, 3.8) is 0 Å². The molecule has 0 radical (unpaired) electrons. The maximum Gasteiger partial charge on any atom is 0.272 e. The van der Waals surface area contributed by atoms with Crippen LogP contribution in [0.3, 0.4) is 0 Å². The van der Waals surface area contributed by atoms with Crippen LogP contribution in [0.5, 0.6) is 0 Å². The van der Waals surface area contributed by atoms with E-state index in [9.17, 15) is 9.59 Å². The number of para-hydroxylation sites is 1. The Hall–Kier alpha value is -1.17. The summed E-state index contributed by atoms with van der Waals surface area (Å²) in [6, 6.07) is 10.8. The molecule has 9 heteroatoms. The van der Waals surface area contributed by atoms with Crippen LogP contribution in [-0.4, -0.2) is 22.1 Å². The molecule has 1 amide bonds. The number of hydrogen-bond donors (Lipinski definition) is 0. The molecule has 0 aliphatic rings. The third-order valence-corrected chi connectivity index (χ3v) is 4.36. The van der Waals surface area contributed by atoms with Gasteiger partial charge in [0, 0.05) is 44.7 Å². The molecule has 0 unspecified atom stereocenters. The van der Waals surface area contributed by atoms with Gasteiger partial charge >= 0.3 is 0 Å². The fourth-order valence-corrected chi connectivity index (χ4v) is 2.98. The Morgan fingerprint density at radius 1 is 0.958 bits per heavy atom. The van der Waals surface area contributed by atoms with Crippen LogP contribution in [0.4, 0.5) is 5.69 Å². The van der Waals surface area contributed by atoms with E-state index in [1.165, 1.54) is 30.3 Å². The molecule has 24 heavy (non-hydrogen) atoms. The van der Waals surface area contributed by atoms with Crippen molar-refractivity contribution < 1.29 is 9.59 Å². The van der Waals surface area contributed by atoms with E-state index in [1.807, 2.05) is 0 Å². The summed E-state index contributed by atoms with van der Waals surface area (Å²) in [4.78, 5) is 24.3. The van der Waals surface area contributed by atoms with Gasteiger partial charge in [-0.15, -0.1) is 16.1 Å². The molecule has 4 nitrogen and oxygen atoms in total. The van der Waals surface area contributed by atoms with Gasteiger partial charge in [-0.05, 0) is 30.3 Å². The van der Waals surface area contributed by atoms with Gasteiger partial charge in [-0.3, -0.25) is 9.59 Å². The number of rotatable bonds is 5. The number of carbonyl (C=O) groups is 2. The van der Waals surface area contributed by atoms with Crippen LogP contribution in [-0.2, 0) is 4.79 Å². The van der Waals surface area contributed by atoms with E-state index in [2.05, 4.69) is 0 Å². The van der Waals surface area contributed by atoms with E-state index in [-0.39, 0.29) is 28.5 Å². The average molecular weight is 427 g/mol. The molecule has 0 N–H and O–H groups in total. The molecule has 0 bridgehead atoms. The third-order valence-electron chi connectivity index (χ3n) is 2.95. The molecule has 0 saturated carbocycles. The van der Waals surface area contributed by atoms with Gasteiger partial charge in [-0.1, -0.05) is 35.3 Å². The van der Waals surface area contributed by atoms with E-state index < -0.39 is 5.91 Å². The second-order valence-corrected chi connectivity index (χ2v) is 6.33. The van der Waals surface area contributed by atoms with Gasteiger partial charge in [0.05, 0.1) is 5.69 Å². The first-order valence-corrected chi connectivity index (χ1v) is 8.42. The molecule has 2 aromatic carbocycles. The van der Waals surface area contributed by atoms with E-state index in [0.29, 0.717) is 14.6 Å². The number of ketones is 1. The summed E-state index contributed by atoms with van der Waals surface area (Å²) in [5.41, 5.74) is 0.683. The van der Waals surface area contributed by atoms with E-state index in [0.717, 1.165) is 4.53 Å². The largest absolute Gasteiger partial charge is 0.289 e. The number of alkyl halides is 1. The number of hydrazine groups is 1. The van der Waals surface area contributed by atoms with Crippen LogP contribution in [0.1, 0.15) is 15.9 Å². The van der Waals surface area contributed by atoms with Crippen LogP contribution in [0, 0.1) is 0 Å². The number of anilines is 1. The van der Waals surface area contributed by atoms with Gasteiger partial charge in [0.2, 0.25) is 0 Å². The Balaban J connectivity index is 2.45. The fourth-order valence-electron chi connectivity index (χ4n) is 1.91. The van der Waals surface area contributed by atoms with Crippen molar-refractivity contribution in [3.05, 3.63) is 63.6 Å². The van der Waals surface area contributed by atoms with Crippen LogP contribution in [0.25, 0.3) is 0 Å². The van der Waals surface area contributed by atoms with Crippen LogP contribution < -0.4 is 4.53 Å². The van der Waals surface area contributed by atoms with Gasteiger partial charge in [0.1, 0.15) is 5.88 Å². The molecule has 0 aromatic heterocycles. The smallest absolute Gasteiger partial charge is 0.272 e. The Bertz CT molecular complexity index is 764. The number of halogens is 5. The molecule has 0 spiro atoms. The minimum atomic E-state index is -0.651. The highest BCUT2D eigenvalue weighted by Gasteiger charge is 2.23. The number of amides is 1. The summed E-state index contributed by atoms with van der Waals surface area (Å²) in [6.45, 7) is 0. The second kappa shape index (κ2) is 8.28. The molecule has 0 fully saturated rings. The van der Waals surface area contributed by atoms with Crippen molar-refractivity contribution in [3.8, 4) is 0 Å². The maximum absolute atomic E-state index is 12.8. The van der Waals surface area contributed by atoms with Crippen molar-refractivity contribution >= 4 is 75.7 Å². The zero-order chi connectivity index (χ0) is 17.9. The van der Waals surface area contributed by atoms with Crippen LogP contribution in [0.15, 0.2) is 42.5 Å². The quantitative estimate of drug-likeness (QED) is 0.281. The van der Waals surface area contributed by atoms with Gasteiger partial charge in [0.25, 0.3) is 5.91 Å². The molecule has 0 aliphatic heterocycles. The number of hydrogen-bond acceptors (Lipinski definition) is 3. The Morgan fingerprint density at radius 3 is 2.12 bits per heavy atom. The molecule has 0 aliphatic carbocycles. The van der Waals surface area contributed by atoms with Crippen LogP contribution >= 0.6 is 58.4 Å². The lowest BCUT2D eigenvalue weighted by Crippen LogP contribution is -2.35. The zero-order valence-corrected chi connectivity index (χ0v) is 15.6. The van der Waals surface area contributed by atoms with Gasteiger partial charge in [0.15, 0.2) is 5.78 Å². The predicted octanol–water partition coefficient (Wildman–Crippen LogP) is 5.32. The highest BCUT2D eigenvalue weighted by molar-refractivity contribution is 6.38. The lowest BCUT2D eigenvalue weighted by Gasteiger charge is -2.24. The van der Waals surface area contributed by atoms with E-state index in [4.69, 9.17) is 58.4 Å². The lowest BCUT2D eigenvalue weighted by atomic mass is 10.0. The minimum Gasteiger partial charge on any atom is -0.289 e. The molecule has 0 saturated heterocycles. The monoisotopic (exact) mass is 424 g/mol. The number of carbonyl (C=O) groups excluding carboxylic acids is 2. The van der Waals surface area contributed by atoms with Crippen molar-refractivity contribution in [2.24, 2.45) is 0 Å². The molecular formula is C15H9Cl5N2O2. The van der Waals surface area contributed by atoms with E-state index >= 15 is 0 Å². The first kappa shape index (κ1) is 19.2. The summed E-state index contributed by atoms with van der Waals surface area (Å²) < 4.78 is 1.40. The third kappa shape index (κ3) is 4.26. The normalized spacial score (nSPS) is 10.4. The molecule has 126 valence electrons. The topological polar surface area (TPSA) is 40.6 Å². The lowest BCUT2D eigenvalue weighted by molar-refractivity contribution is -0.123. The highest BCUT2D eigenvalue weighted by atomic mass is 35.5. The van der Waals surface area contributed by atoms with Crippen LogP contribution in [0.2, 0.25) is 10.0 Å². The summed E-state index contributed by atoms with van der Waals surface area (Å²) in [7, 11) is 0. The molecule has 2 rings (SSSR count). The van der Waals surface area contributed by atoms with E-state index in [1.54, 1.807) is 12.1 Å². The average Bonchev–Trinajstić information content (AvgIpc) is 2.58. The summed E-state index contributed by atoms with van der Waals surface area (Å²) in [5, 5.41) is 0.643. The van der Waals surface area contributed by atoms with Crippen molar-refractivity contribution in [1.82, 2.24) is 4.53 Å². The van der Waals surface area contributed by atoms with Crippen molar-refractivity contribution in [1.29, 1.82) is 0 Å². The highest BCUT2D eigenvalue weighted by Crippen LogP contribution is 2.29. The standard InChI is InChI=1S/C15H9Cl5N2O2/c16-8-14(23)22(20)21(19)13-4-2-1-3-12(13)15(24)9-5-10(17)7-11(18)6-9/h1-7H,8H2. The number of benzene rings is 2. The minimum absolute atomic E-state index is 0.203. The number of nitrogens with zero attached hydrogens (tertiary/aromatic N) is 2. The maximum atomic E-state index is 12.8. The summed E-state index contributed by atoms with van der Waals surface area (Å²) in [6.07, 6.45) is 0. The first-order valence-electron chi connectivity index (χ1n) is 6.45. The fraction of sp³-hybridized carbons (Fsp3) is 0.0667. The van der Waals surface area contributed by atoms with Crippen molar-refractivity contribution in [2.45, 2.75) is 0 Å². The first-order chi connectivity index (χ1) is 11.3.